The lowest BCUT2D eigenvalue weighted by molar-refractivity contribution is 0.151. The van der Waals surface area contributed by atoms with Crippen molar-refractivity contribution in [2.45, 2.75) is 25.5 Å². The molecule has 2 unspecified atom stereocenters. The fraction of sp³-hybridized carbons (Fsp3) is 0.294. The molecule has 2 nitrogen and oxygen atoms in total. The lowest BCUT2D eigenvalue weighted by Gasteiger charge is -2.33. The predicted octanol–water partition coefficient (Wildman–Crippen LogP) is 4.76. The van der Waals surface area contributed by atoms with Gasteiger partial charge in [0, 0.05) is 28.6 Å². The average Bonchev–Trinajstić information content (AvgIpc) is 2.47. The normalized spacial score (nSPS) is 20.7. The van der Waals surface area contributed by atoms with E-state index in [4.69, 9.17) is 4.74 Å². The van der Waals surface area contributed by atoms with Crippen molar-refractivity contribution in [2.24, 2.45) is 0 Å². The molecule has 0 saturated carbocycles. The summed E-state index contributed by atoms with van der Waals surface area (Å²) in [6, 6.07) is 13.0. The van der Waals surface area contributed by atoms with Crippen molar-refractivity contribution < 1.29 is 9.13 Å². The number of fused-ring (bicyclic) bond motifs is 1. The first-order valence-corrected chi connectivity index (χ1v) is 7.91. The van der Waals surface area contributed by atoms with E-state index < -0.39 is 0 Å². The second-order valence-electron chi connectivity index (χ2n) is 5.19. The number of ether oxygens (including phenoxy) is 1. The highest BCUT2D eigenvalue weighted by Gasteiger charge is 2.29. The van der Waals surface area contributed by atoms with E-state index >= 15 is 0 Å². The number of hydrogen-bond acceptors (Lipinski definition) is 2. The van der Waals surface area contributed by atoms with Gasteiger partial charge in [0.05, 0.1) is 0 Å². The minimum Gasteiger partial charge on any atom is -0.485 e. The first kappa shape index (κ1) is 14.5. The van der Waals surface area contributed by atoms with Crippen molar-refractivity contribution in [2.75, 3.05) is 6.54 Å². The van der Waals surface area contributed by atoms with Crippen LogP contribution in [0.3, 0.4) is 0 Å². The Labute approximate surface area is 132 Å². The number of nitrogens with one attached hydrogen (secondary N) is 1. The van der Waals surface area contributed by atoms with Crippen LogP contribution in [0.25, 0.3) is 0 Å². The van der Waals surface area contributed by atoms with Crippen molar-refractivity contribution >= 4 is 15.9 Å². The van der Waals surface area contributed by atoms with Crippen molar-refractivity contribution in [3.8, 4) is 5.75 Å². The Morgan fingerprint density at radius 1 is 1.29 bits per heavy atom. The number of hydrogen-bond donors (Lipinski definition) is 1. The maximum atomic E-state index is 13.5. The third-order valence-electron chi connectivity index (χ3n) is 3.74. The van der Waals surface area contributed by atoms with E-state index in [0.717, 1.165) is 28.6 Å². The fourth-order valence-electron chi connectivity index (χ4n) is 2.79. The number of rotatable bonds is 3. The Kier molecular flexibility index (Phi) is 4.27. The second-order valence-corrected chi connectivity index (χ2v) is 6.11. The van der Waals surface area contributed by atoms with Gasteiger partial charge in [-0.1, -0.05) is 41.1 Å². The summed E-state index contributed by atoms with van der Waals surface area (Å²) in [6.45, 7) is 2.94. The summed E-state index contributed by atoms with van der Waals surface area (Å²) in [6.07, 6.45) is 0.768. The Balaban J connectivity index is 1.96. The molecule has 2 aromatic carbocycles. The van der Waals surface area contributed by atoms with Gasteiger partial charge in [-0.25, -0.2) is 4.39 Å². The second kappa shape index (κ2) is 6.16. The molecule has 4 heteroatoms. The van der Waals surface area contributed by atoms with Gasteiger partial charge in [0.25, 0.3) is 0 Å². The Morgan fingerprint density at radius 2 is 2.14 bits per heavy atom. The van der Waals surface area contributed by atoms with Gasteiger partial charge in [0.1, 0.15) is 17.7 Å². The topological polar surface area (TPSA) is 21.3 Å². The minimum atomic E-state index is -0.265. The van der Waals surface area contributed by atoms with Crippen LogP contribution in [0.2, 0.25) is 0 Å². The Hall–Kier alpha value is -1.39. The molecule has 0 radical (unpaired) electrons. The molecule has 3 rings (SSSR count). The molecule has 110 valence electrons. The SMILES string of the molecule is CCNC1CC(c2cccc(Br)c2)Oc2cc(F)ccc21. The molecule has 0 aromatic heterocycles. The molecule has 1 aliphatic rings. The molecule has 0 bridgehead atoms. The summed E-state index contributed by atoms with van der Waals surface area (Å²) < 4.78 is 20.5. The van der Waals surface area contributed by atoms with Gasteiger partial charge in [-0.05, 0) is 30.3 Å². The van der Waals surface area contributed by atoms with Crippen LogP contribution in [0.4, 0.5) is 4.39 Å². The molecule has 0 aliphatic carbocycles. The lowest BCUT2D eigenvalue weighted by Crippen LogP contribution is -2.29. The van der Waals surface area contributed by atoms with E-state index in [2.05, 4.69) is 34.2 Å². The van der Waals surface area contributed by atoms with Crippen LogP contribution in [0.15, 0.2) is 46.9 Å². The average molecular weight is 350 g/mol. The van der Waals surface area contributed by atoms with Crippen LogP contribution >= 0.6 is 15.9 Å². The molecule has 21 heavy (non-hydrogen) atoms. The van der Waals surface area contributed by atoms with E-state index in [1.165, 1.54) is 12.1 Å². The van der Waals surface area contributed by atoms with Crippen LogP contribution in [0.5, 0.6) is 5.75 Å². The minimum absolute atomic E-state index is 0.0687. The first-order valence-electron chi connectivity index (χ1n) is 7.12. The van der Waals surface area contributed by atoms with Crippen LogP contribution in [-0.2, 0) is 0 Å². The zero-order valence-electron chi connectivity index (χ0n) is 11.8. The molecular weight excluding hydrogens is 333 g/mol. The van der Waals surface area contributed by atoms with Crippen LogP contribution < -0.4 is 10.1 Å². The van der Waals surface area contributed by atoms with E-state index in [0.29, 0.717) is 5.75 Å². The van der Waals surface area contributed by atoms with Gasteiger partial charge in [-0.15, -0.1) is 0 Å². The van der Waals surface area contributed by atoms with Crippen LogP contribution in [0.1, 0.15) is 36.6 Å². The summed E-state index contributed by atoms with van der Waals surface area (Å²) in [5, 5.41) is 3.46. The third kappa shape index (κ3) is 3.11. The van der Waals surface area contributed by atoms with Crippen molar-refractivity contribution in [3.63, 3.8) is 0 Å². The fourth-order valence-corrected chi connectivity index (χ4v) is 3.21. The Bertz CT molecular complexity index is 646. The summed E-state index contributed by atoms with van der Waals surface area (Å²) in [4.78, 5) is 0. The van der Waals surface area contributed by atoms with Gasteiger partial charge in [0.15, 0.2) is 0 Å². The highest BCUT2D eigenvalue weighted by molar-refractivity contribution is 9.10. The molecule has 1 heterocycles. The molecule has 0 spiro atoms. The quantitative estimate of drug-likeness (QED) is 0.862. The molecule has 1 N–H and O–H groups in total. The largest absolute Gasteiger partial charge is 0.485 e. The van der Waals surface area contributed by atoms with Gasteiger partial charge in [-0.2, -0.15) is 0 Å². The summed E-state index contributed by atoms with van der Waals surface area (Å²) in [7, 11) is 0. The summed E-state index contributed by atoms with van der Waals surface area (Å²) in [5.41, 5.74) is 2.13. The van der Waals surface area contributed by atoms with Crippen molar-refractivity contribution in [1.82, 2.24) is 5.32 Å². The molecule has 0 fully saturated rings. The van der Waals surface area contributed by atoms with Gasteiger partial charge in [0.2, 0.25) is 0 Å². The molecule has 0 saturated heterocycles. The summed E-state index contributed by atoms with van der Waals surface area (Å²) >= 11 is 3.49. The maximum absolute atomic E-state index is 13.5. The Morgan fingerprint density at radius 3 is 2.90 bits per heavy atom. The zero-order valence-corrected chi connectivity index (χ0v) is 13.4. The molecular formula is C17H17BrFNO. The maximum Gasteiger partial charge on any atom is 0.127 e. The smallest absolute Gasteiger partial charge is 0.127 e. The molecule has 1 aliphatic heterocycles. The van der Waals surface area contributed by atoms with E-state index in [-0.39, 0.29) is 18.0 Å². The van der Waals surface area contributed by atoms with Crippen LogP contribution in [-0.4, -0.2) is 6.54 Å². The van der Waals surface area contributed by atoms with E-state index in [1.54, 1.807) is 0 Å². The van der Waals surface area contributed by atoms with Gasteiger partial charge in [-0.3, -0.25) is 0 Å². The number of halogens is 2. The first-order chi connectivity index (χ1) is 10.2. The number of benzene rings is 2. The molecule has 2 atom stereocenters. The van der Waals surface area contributed by atoms with Crippen molar-refractivity contribution in [3.05, 3.63) is 63.9 Å². The van der Waals surface area contributed by atoms with Gasteiger partial charge >= 0.3 is 0 Å². The van der Waals surface area contributed by atoms with E-state index in [1.807, 2.05) is 24.3 Å². The standard InChI is InChI=1S/C17H17BrFNO/c1-2-20-15-10-16(11-4-3-5-12(18)8-11)21-17-9-13(19)6-7-14(15)17/h3-9,15-16,20H,2,10H2,1H3. The van der Waals surface area contributed by atoms with E-state index in [9.17, 15) is 4.39 Å². The third-order valence-corrected chi connectivity index (χ3v) is 4.23. The van der Waals surface area contributed by atoms with Crippen LogP contribution in [0, 0.1) is 5.82 Å². The monoisotopic (exact) mass is 349 g/mol. The van der Waals surface area contributed by atoms with Gasteiger partial charge < -0.3 is 10.1 Å². The highest BCUT2D eigenvalue weighted by Crippen LogP contribution is 2.41. The zero-order chi connectivity index (χ0) is 14.8. The van der Waals surface area contributed by atoms with Crippen molar-refractivity contribution in [1.29, 1.82) is 0 Å². The lowest BCUT2D eigenvalue weighted by atomic mass is 9.93. The highest BCUT2D eigenvalue weighted by atomic mass is 79.9. The molecule has 2 aromatic rings. The molecule has 0 amide bonds. The summed E-state index contributed by atoms with van der Waals surface area (Å²) in [5.74, 6) is 0.371. The predicted molar refractivity (Wildman–Crippen MR) is 84.9 cm³/mol.